The van der Waals surface area contributed by atoms with Crippen LogP contribution in [0.15, 0.2) is 40.4 Å². The van der Waals surface area contributed by atoms with Crippen LogP contribution in [0.1, 0.15) is 11.3 Å². The third-order valence-corrected chi connectivity index (χ3v) is 3.25. The van der Waals surface area contributed by atoms with Crippen LogP contribution in [0.4, 0.5) is 0 Å². The lowest BCUT2D eigenvalue weighted by Gasteiger charge is -1.96. The number of aromatic amines is 2. The Labute approximate surface area is 118 Å². The lowest BCUT2D eigenvalue weighted by atomic mass is 10.1. The van der Waals surface area contributed by atoms with Crippen molar-refractivity contribution in [2.75, 3.05) is 0 Å². The molecule has 0 unspecified atom stereocenters. The van der Waals surface area contributed by atoms with Crippen molar-refractivity contribution in [2.45, 2.75) is 6.92 Å². The minimum absolute atomic E-state index is 0.159. The van der Waals surface area contributed by atoms with E-state index in [0.717, 1.165) is 33.0 Å². The Kier molecular flexibility index (Phi) is 3.03. The highest BCUT2D eigenvalue weighted by molar-refractivity contribution is 7.71. The predicted octanol–water partition coefficient (Wildman–Crippen LogP) is 1.97. The second kappa shape index (κ2) is 4.86. The van der Waals surface area contributed by atoms with Gasteiger partial charge in [0.05, 0.1) is 6.21 Å². The highest BCUT2D eigenvalue weighted by Gasteiger charge is 2.05. The smallest absolute Gasteiger partial charge is 0.293 e. The van der Waals surface area contributed by atoms with E-state index in [4.69, 9.17) is 12.2 Å². The predicted molar refractivity (Wildman–Crippen MR) is 79.7 cm³/mol. The molecule has 7 heteroatoms. The molecule has 0 saturated heterocycles. The van der Waals surface area contributed by atoms with Crippen LogP contribution in [-0.2, 0) is 0 Å². The Morgan fingerprint density at radius 1 is 1.40 bits per heavy atom. The van der Waals surface area contributed by atoms with E-state index in [2.05, 4.69) is 20.3 Å². The first-order valence-corrected chi connectivity index (χ1v) is 6.36. The molecular formula is C13H11N5OS. The van der Waals surface area contributed by atoms with E-state index in [0.29, 0.717) is 0 Å². The number of nitrogens with zero attached hydrogens (tertiary/aromatic N) is 3. The average molecular weight is 285 g/mol. The molecule has 2 aromatic heterocycles. The van der Waals surface area contributed by atoms with Gasteiger partial charge in [0.25, 0.3) is 5.56 Å². The first-order chi connectivity index (χ1) is 9.66. The summed E-state index contributed by atoms with van der Waals surface area (Å²) in [7, 11) is 0. The molecule has 100 valence electrons. The molecule has 0 atom stereocenters. The van der Waals surface area contributed by atoms with Gasteiger partial charge in [-0.15, -0.1) is 0 Å². The molecule has 3 aromatic rings. The van der Waals surface area contributed by atoms with Crippen molar-refractivity contribution in [3.63, 3.8) is 0 Å². The van der Waals surface area contributed by atoms with Crippen LogP contribution in [0.2, 0.25) is 0 Å². The maximum atomic E-state index is 11.6. The Bertz CT molecular complexity index is 890. The van der Waals surface area contributed by atoms with Gasteiger partial charge in [0.2, 0.25) is 4.77 Å². The quantitative estimate of drug-likeness (QED) is 0.558. The molecule has 2 heterocycles. The highest BCUT2D eigenvalue weighted by atomic mass is 32.1. The first kappa shape index (κ1) is 12.5. The average Bonchev–Trinajstić information content (AvgIpc) is 2.74. The summed E-state index contributed by atoms with van der Waals surface area (Å²) in [4.78, 5) is 14.9. The maximum Gasteiger partial charge on any atom is 0.293 e. The van der Waals surface area contributed by atoms with Crippen molar-refractivity contribution < 1.29 is 0 Å². The van der Waals surface area contributed by atoms with E-state index in [1.807, 2.05) is 31.2 Å². The molecule has 1 aromatic carbocycles. The number of aryl methyl sites for hydroxylation is 1. The summed E-state index contributed by atoms with van der Waals surface area (Å²) in [6, 6.07) is 7.90. The number of hydrogen-bond donors (Lipinski definition) is 2. The Hall–Kier alpha value is -2.54. The van der Waals surface area contributed by atoms with Crippen molar-refractivity contribution in [1.82, 2.24) is 19.9 Å². The molecule has 0 spiro atoms. The molecule has 0 aliphatic carbocycles. The van der Waals surface area contributed by atoms with E-state index < -0.39 is 0 Å². The maximum absolute atomic E-state index is 11.6. The zero-order chi connectivity index (χ0) is 14.1. The van der Waals surface area contributed by atoms with Gasteiger partial charge >= 0.3 is 0 Å². The Morgan fingerprint density at radius 3 is 3.00 bits per heavy atom. The molecule has 6 nitrogen and oxygen atoms in total. The number of para-hydroxylation sites is 1. The molecule has 0 aliphatic rings. The van der Waals surface area contributed by atoms with Gasteiger partial charge in [0.15, 0.2) is 0 Å². The first-order valence-electron chi connectivity index (χ1n) is 5.95. The SMILES string of the molecule is Cc1[nH]c2ccccc2c1/C=N\n1c(=O)cn[nH]c1=S. The van der Waals surface area contributed by atoms with Crippen molar-refractivity contribution >= 4 is 29.3 Å². The third kappa shape index (κ3) is 2.08. The van der Waals surface area contributed by atoms with Crippen LogP contribution in [0.5, 0.6) is 0 Å². The largest absolute Gasteiger partial charge is 0.358 e. The molecule has 0 bridgehead atoms. The van der Waals surface area contributed by atoms with Gasteiger partial charge in [0, 0.05) is 22.2 Å². The zero-order valence-electron chi connectivity index (χ0n) is 10.6. The van der Waals surface area contributed by atoms with Gasteiger partial charge in [-0.05, 0) is 25.2 Å². The Morgan fingerprint density at radius 2 is 2.20 bits per heavy atom. The zero-order valence-corrected chi connectivity index (χ0v) is 11.4. The molecule has 0 radical (unpaired) electrons. The van der Waals surface area contributed by atoms with E-state index in [-0.39, 0.29) is 10.3 Å². The normalized spacial score (nSPS) is 11.4. The van der Waals surface area contributed by atoms with Crippen LogP contribution < -0.4 is 5.56 Å². The topological polar surface area (TPSA) is 78.8 Å². The molecule has 3 rings (SSSR count). The molecule has 20 heavy (non-hydrogen) atoms. The summed E-state index contributed by atoms with van der Waals surface area (Å²) in [5.74, 6) is 0. The Balaban J connectivity index is 2.14. The molecule has 2 N–H and O–H groups in total. The fraction of sp³-hybridized carbons (Fsp3) is 0.0769. The number of nitrogens with one attached hydrogen (secondary N) is 2. The number of H-pyrrole nitrogens is 2. The second-order valence-corrected chi connectivity index (χ2v) is 4.67. The summed E-state index contributed by atoms with van der Waals surface area (Å²) in [6.45, 7) is 1.96. The van der Waals surface area contributed by atoms with Gasteiger partial charge < -0.3 is 4.98 Å². The van der Waals surface area contributed by atoms with Gasteiger partial charge in [-0.3, -0.25) is 9.89 Å². The van der Waals surface area contributed by atoms with Crippen LogP contribution in [-0.4, -0.2) is 26.1 Å². The summed E-state index contributed by atoms with van der Waals surface area (Å²) >= 11 is 4.99. The number of aromatic nitrogens is 4. The molecule has 0 fully saturated rings. The van der Waals surface area contributed by atoms with E-state index >= 15 is 0 Å². The fourth-order valence-electron chi connectivity index (χ4n) is 2.03. The van der Waals surface area contributed by atoms with Crippen LogP contribution >= 0.6 is 12.2 Å². The minimum atomic E-state index is -0.373. The van der Waals surface area contributed by atoms with E-state index in [1.165, 1.54) is 0 Å². The summed E-state index contributed by atoms with van der Waals surface area (Å²) in [6.07, 6.45) is 2.76. The van der Waals surface area contributed by atoms with Crippen molar-refractivity contribution in [2.24, 2.45) is 5.10 Å². The van der Waals surface area contributed by atoms with Crippen molar-refractivity contribution in [3.05, 3.63) is 56.8 Å². The second-order valence-electron chi connectivity index (χ2n) is 4.28. The summed E-state index contributed by atoms with van der Waals surface area (Å²) in [5.41, 5.74) is 2.56. The monoisotopic (exact) mass is 285 g/mol. The summed E-state index contributed by atoms with van der Waals surface area (Å²) in [5, 5.41) is 11.3. The summed E-state index contributed by atoms with van der Waals surface area (Å²) < 4.78 is 1.26. The van der Waals surface area contributed by atoms with Gasteiger partial charge in [-0.2, -0.15) is 14.9 Å². The number of rotatable bonds is 2. The van der Waals surface area contributed by atoms with Gasteiger partial charge in [0.1, 0.15) is 6.20 Å². The standard InChI is InChI=1S/C13H11N5OS/c1-8-10(9-4-2-3-5-11(9)16-8)6-15-18-12(19)7-14-17-13(18)20/h2-7,16H,1H3,(H,17,20)/b15-6-. The lowest BCUT2D eigenvalue weighted by molar-refractivity contribution is 0.738. The van der Waals surface area contributed by atoms with Crippen molar-refractivity contribution in [1.29, 1.82) is 0 Å². The molecule has 0 saturated carbocycles. The van der Waals surface area contributed by atoms with Gasteiger partial charge in [-0.1, -0.05) is 18.2 Å². The van der Waals surface area contributed by atoms with Crippen LogP contribution in [0.25, 0.3) is 10.9 Å². The number of hydrogen-bond acceptors (Lipinski definition) is 4. The fourth-order valence-corrected chi connectivity index (χ4v) is 2.22. The molecular weight excluding hydrogens is 274 g/mol. The number of fused-ring (bicyclic) bond motifs is 1. The van der Waals surface area contributed by atoms with Crippen molar-refractivity contribution in [3.8, 4) is 0 Å². The van der Waals surface area contributed by atoms with Gasteiger partial charge in [-0.25, -0.2) is 0 Å². The lowest BCUT2D eigenvalue weighted by Crippen LogP contribution is -2.18. The van der Waals surface area contributed by atoms with Crippen LogP contribution in [0, 0.1) is 11.7 Å². The highest BCUT2D eigenvalue weighted by Crippen LogP contribution is 2.19. The van der Waals surface area contributed by atoms with E-state index in [9.17, 15) is 4.79 Å². The number of benzene rings is 1. The third-order valence-electron chi connectivity index (χ3n) is 2.98. The molecule has 0 amide bonds. The molecule has 0 aliphatic heterocycles. The van der Waals surface area contributed by atoms with E-state index in [1.54, 1.807) is 6.21 Å². The van der Waals surface area contributed by atoms with Crippen LogP contribution in [0.3, 0.4) is 0 Å². The minimum Gasteiger partial charge on any atom is -0.358 e.